The molecule has 0 fully saturated rings. The predicted molar refractivity (Wildman–Crippen MR) is 149 cm³/mol. The molecule has 0 aliphatic rings. The van der Waals surface area contributed by atoms with Gasteiger partial charge in [0.1, 0.15) is 5.41 Å². The van der Waals surface area contributed by atoms with Gasteiger partial charge >= 0.3 is 0 Å². The highest BCUT2D eigenvalue weighted by molar-refractivity contribution is 7.13. The number of fused-ring (bicyclic) bond motifs is 1. The molecule has 0 bridgehead atoms. The maximum absolute atomic E-state index is 14.6. The van der Waals surface area contributed by atoms with Crippen molar-refractivity contribution in [1.29, 1.82) is 0 Å². The van der Waals surface area contributed by atoms with Gasteiger partial charge in [-0.15, -0.1) is 0 Å². The highest BCUT2D eigenvalue weighted by Gasteiger charge is 2.44. The van der Waals surface area contributed by atoms with Gasteiger partial charge in [0.15, 0.2) is 19.6 Å². The summed E-state index contributed by atoms with van der Waals surface area (Å²) in [4.78, 5) is 26.4. The summed E-state index contributed by atoms with van der Waals surface area (Å²) in [6.45, 7) is 3.66. The van der Waals surface area contributed by atoms with Gasteiger partial charge in [0.25, 0.3) is 0 Å². The van der Waals surface area contributed by atoms with E-state index in [9.17, 15) is 14.9 Å². The van der Waals surface area contributed by atoms with Gasteiger partial charge in [0, 0.05) is 4.92 Å². The van der Waals surface area contributed by atoms with Crippen LogP contribution in [0.3, 0.4) is 0 Å². The van der Waals surface area contributed by atoms with Crippen molar-refractivity contribution in [3.63, 3.8) is 0 Å². The summed E-state index contributed by atoms with van der Waals surface area (Å²) in [6.07, 6.45) is 0. The van der Waals surface area contributed by atoms with E-state index in [1.807, 2.05) is 92.0 Å². The Kier molecular flexibility index (Phi) is 7.73. The molecular weight excluding hydrogens is 482 g/mol. The molecule has 0 unspecified atom stereocenters. The van der Waals surface area contributed by atoms with Crippen molar-refractivity contribution in [2.24, 2.45) is 0 Å². The van der Waals surface area contributed by atoms with Gasteiger partial charge in [-0.2, -0.15) is 0 Å². The number of ether oxygens (including phenoxy) is 2. The number of rotatable bonds is 10. The van der Waals surface area contributed by atoms with E-state index < -0.39 is 19.9 Å². The highest BCUT2D eigenvalue weighted by atomic mass is 28.3. The Labute approximate surface area is 218 Å². The molecule has 6 nitrogen and oxygen atoms in total. The number of carbonyl (C=O) groups is 1. The third-order valence-corrected chi connectivity index (χ3v) is 10.5. The molecule has 0 aliphatic carbocycles. The van der Waals surface area contributed by atoms with Crippen LogP contribution in [0.1, 0.15) is 23.0 Å². The maximum atomic E-state index is 14.6. The van der Waals surface area contributed by atoms with Gasteiger partial charge in [-0.1, -0.05) is 97.1 Å². The number of methoxy groups -OCH3 is 2. The summed E-state index contributed by atoms with van der Waals surface area (Å²) in [5, 5.41) is 15.0. The van der Waals surface area contributed by atoms with E-state index in [1.165, 1.54) is 0 Å². The molecular formula is C30H31NO5Si. The van der Waals surface area contributed by atoms with Gasteiger partial charge in [0.2, 0.25) is 6.54 Å². The number of carbonyl (C=O) groups excluding carboxylic acids is 1. The second kappa shape index (κ2) is 11.0. The van der Waals surface area contributed by atoms with Crippen LogP contribution in [0.4, 0.5) is 0 Å². The van der Waals surface area contributed by atoms with E-state index in [0.717, 1.165) is 21.5 Å². The van der Waals surface area contributed by atoms with Crippen molar-refractivity contribution in [3.05, 3.63) is 112 Å². The summed E-state index contributed by atoms with van der Waals surface area (Å²) in [5.74, 6) is -0.414. The van der Waals surface area contributed by atoms with Crippen molar-refractivity contribution < 1.29 is 19.2 Å². The Morgan fingerprint density at radius 1 is 0.865 bits per heavy atom. The minimum atomic E-state index is -2.73. The van der Waals surface area contributed by atoms with Gasteiger partial charge in [-0.05, 0) is 34.0 Å². The first kappa shape index (κ1) is 26.1. The lowest BCUT2D eigenvalue weighted by Gasteiger charge is -2.32. The molecule has 190 valence electrons. The third kappa shape index (κ3) is 5.27. The van der Waals surface area contributed by atoms with Crippen molar-refractivity contribution in [3.8, 4) is 11.5 Å². The monoisotopic (exact) mass is 513 g/mol. The van der Waals surface area contributed by atoms with Crippen LogP contribution in [-0.4, -0.2) is 39.2 Å². The van der Waals surface area contributed by atoms with E-state index in [2.05, 4.69) is 0 Å². The molecule has 0 radical (unpaired) electrons. The third-order valence-electron chi connectivity index (χ3n) is 7.13. The van der Waals surface area contributed by atoms with Crippen LogP contribution in [-0.2, 0) is 4.79 Å². The molecule has 4 aromatic carbocycles. The second-order valence-electron chi connectivity index (χ2n) is 9.64. The molecule has 0 heterocycles. The number of nitro groups is 1. The fourth-order valence-corrected chi connectivity index (χ4v) is 7.57. The van der Waals surface area contributed by atoms with E-state index >= 15 is 0 Å². The lowest BCUT2D eigenvalue weighted by Crippen LogP contribution is -2.53. The first-order chi connectivity index (χ1) is 17.8. The first-order valence-electron chi connectivity index (χ1n) is 12.2. The second-order valence-corrected chi connectivity index (χ2v) is 14.0. The molecule has 2 atom stereocenters. The number of benzene rings is 4. The zero-order chi connectivity index (χ0) is 26.6. The van der Waals surface area contributed by atoms with Gasteiger partial charge in [-0.3, -0.25) is 10.1 Å². The van der Waals surface area contributed by atoms with Crippen molar-refractivity contribution >= 4 is 29.4 Å². The van der Waals surface area contributed by atoms with E-state index in [4.69, 9.17) is 9.47 Å². The normalized spacial score (nSPS) is 13.1. The minimum absolute atomic E-state index is 0.0331. The summed E-state index contributed by atoms with van der Waals surface area (Å²) in [6, 6.07) is 28.7. The summed E-state index contributed by atoms with van der Waals surface area (Å²) >= 11 is 0. The zero-order valence-corrected chi connectivity index (χ0v) is 22.5. The number of nitrogens with zero attached hydrogens (tertiary/aromatic N) is 1. The fraction of sp³-hybridized carbons (Fsp3) is 0.233. The maximum Gasteiger partial charge on any atom is 0.211 e. The number of hydrogen-bond acceptors (Lipinski definition) is 5. The van der Waals surface area contributed by atoms with Crippen LogP contribution in [0.15, 0.2) is 91.0 Å². The molecule has 0 spiro atoms. The molecule has 4 aromatic rings. The van der Waals surface area contributed by atoms with Gasteiger partial charge in [-0.25, -0.2) is 0 Å². The molecule has 7 heteroatoms. The van der Waals surface area contributed by atoms with E-state index in [1.54, 1.807) is 26.4 Å². The Morgan fingerprint density at radius 2 is 1.51 bits per heavy atom. The molecule has 4 rings (SSSR count). The average molecular weight is 514 g/mol. The van der Waals surface area contributed by atoms with Crippen LogP contribution in [0.5, 0.6) is 11.5 Å². The lowest BCUT2D eigenvalue weighted by atomic mass is 9.80. The van der Waals surface area contributed by atoms with Crippen molar-refractivity contribution in [2.75, 3.05) is 20.8 Å². The van der Waals surface area contributed by atoms with Crippen molar-refractivity contribution in [2.45, 2.75) is 24.9 Å². The van der Waals surface area contributed by atoms with E-state index in [-0.39, 0.29) is 16.9 Å². The predicted octanol–water partition coefficient (Wildman–Crippen LogP) is 5.73. The molecule has 37 heavy (non-hydrogen) atoms. The van der Waals surface area contributed by atoms with Crippen LogP contribution >= 0.6 is 0 Å². The first-order valence-corrected chi connectivity index (χ1v) is 15.2. The fourth-order valence-electron chi connectivity index (χ4n) is 5.12. The molecule has 0 amide bonds. The van der Waals surface area contributed by atoms with Gasteiger partial charge < -0.3 is 14.3 Å². The Hall–Kier alpha value is -3.97. The highest BCUT2D eigenvalue weighted by Crippen LogP contribution is 2.41. The van der Waals surface area contributed by atoms with Crippen LogP contribution < -0.4 is 14.7 Å². The molecule has 0 saturated heterocycles. The molecule has 0 saturated carbocycles. The van der Waals surface area contributed by atoms with E-state index in [0.29, 0.717) is 17.1 Å². The summed E-state index contributed by atoms with van der Waals surface area (Å²) in [5.41, 5.74) is 1.47. The summed E-state index contributed by atoms with van der Waals surface area (Å²) in [7, 11) is 0.369. The zero-order valence-electron chi connectivity index (χ0n) is 21.5. The van der Waals surface area contributed by atoms with Gasteiger partial charge in [0.05, 0.1) is 26.1 Å². The molecule has 0 aromatic heterocycles. The van der Waals surface area contributed by atoms with Crippen molar-refractivity contribution in [1.82, 2.24) is 0 Å². The Balaban J connectivity index is 1.97. The van der Waals surface area contributed by atoms with Crippen LogP contribution in [0.2, 0.25) is 13.1 Å². The average Bonchev–Trinajstić information content (AvgIpc) is 2.92. The Morgan fingerprint density at radius 3 is 2.19 bits per heavy atom. The smallest absolute Gasteiger partial charge is 0.211 e. The topological polar surface area (TPSA) is 78.7 Å². The Bertz CT molecular complexity index is 1410. The minimum Gasteiger partial charge on any atom is -0.493 e. The lowest BCUT2D eigenvalue weighted by molar-refractivity contribution is -0.483. The molecule has 0 N–H and O–H groups in total. The molecule has 0 aliphatic heterocycles. The van der Waals surface area contributed by atoms with Crippen LogP contribution in [0, 0.1) is 10.1 Å². The number of hydrogen-bond donors (Lipinski definition) is 0. The quantitative estimate of drug-likeness (QED) is 0.154. The summed E-state index contributed by atoms with van der Waals surface area (Å²) < 4.78 is 11.0. The SMILES string of the molecule is COc1ccc([C@@H](C(=O)[Si](C)(C)c2ccccc2)[C@@H](C[N+](=O)[O-])c2cccc3ccccc23)cc1OC. The standard InChI is InChI=1S/C30H31NO5Si/c1-35-27-18-17-22(19-28(27)36-2)29(30(32)37(3,4)23-13-6-5-7-14-23)26(20-31(33)34)25-16-10-12-21-11-8-9-15-24(21)25/h5-19,26,29H,20H2,1-4H3/t26-,29+/m0/s1. The largest absolute Gasteiger partial charge is 0.493 e. The van der Waals surface area contributed by atoms with Crippen LogP contribution in [0.25, 0.3) is 10.8 Å².